The van der Waals surface area contributed by atoms with Crippen molar-refractivity contribution < 1.29 is 0 Å². The fourth-order valence-electron chi connectivity index (χ4n) is 2.09. The zero-order valence-corrected chi connectivity index (χ0v) is 8.33. The quantitative estimate of drug-likeness (QED) is 0.652. The Hall–Kier alpha value is -0.890. The molecule has 0 saturated carbocycles. The molecule has 1 aromatic rings. The summed E-state index contributed by atoms with van der Waals surface area (Å²) in [5.41, 5.74) is 2.64. The first-order chi connectivity index (χ1) is 6.27. The molecule has 13 heavy (non-hydrogen) atoms. The Morgan fingerprint density at radius 2 is 2.31 bits per heavy atom. The molecular weight excluding hydrogens is 160 g/mol. The summed E-state index contributed by atoms with van der Waals surface area (Å²) >= 11 is 0. The minimum atomic E-state index is 0.604. The number of likely N-dealkylation sites (tertiary alicyclic amines) is 1. The van der Waals surface area contributed by atoms with Crippen LogP contribution in [0.25, 0.3) is 0 Å². The van der Waals surface area contributed by atoms with Gasteiger partial charge in [-0.1, -0.05) is 6.07 Å². The van der Waals surface area contributed by atoms with Gasteiger partial charge in [-0.05, 0) is 44.5 Å². The van der Waals surface area contributed by atoms with Crippen LogP contribution in [0.3, 0.4) is 0 Å². The van der Waals surface area contributed by atoms with Crippen molar-refractivity contribution in [3.8, 4) is 0 Å². The van der Waals surface area contributed by atoms with Gasteiger partial charge in [-0.3, -0.25) is 9.88 Å². The van der Waals surface area contributed by atoms with E-state index in [2.05, 4.69) is 29.9 Å². The zero-order valence-electron chi connectivity index (χ0n) is 8.33. The molecule has 1 fully saturated rings. The van der Waals surface area contributed by atoms with Crippen LogP contribution in [0.5, 0.6) is 0 Å². The van der Waals surface area contributed by atoms with Crippen LogP contribution in [0, 0.1) is 6.92 Å². The number of aromatic nitrogens is 1. The van der Waals surface area contributed by atoms with E-state index in [9.17, 15) is 0 Å². The molecule has 1 aliphatic heterocycles. The summed E-state index contributed by atoms with van der Waals surface area (Å²) in [4.78, 5) is 6.65. The van der Waals surface area contributed by atoms with Crippen LogP contribution >= 0.6 is 0 Å². The summed E-state index contributed by atoms with van der Waals surface area (Å²) in [7, 11) is 2.19. The number of rotatable bonds is 1. The Labute approximate surface area is 79.6 Å². The number of hydrogen-bond donors (Lipinski definition) is 0. The number of aryl methyl sites for hydroxylation is 1. The topological polar surface area (TPSA) is 16.1 Å². The summed E-state index contributed by atoms with van der Waals surface area (Å²) < 4.78 is 0. The summed E-state index contributed by atoms with van der Waals surface area (Å²) in [6.45, 7) is 3.32. The van der Waals surface area contributed by atoms with Crippen LogP contribution in [0.2, 0.25) is 0 Å². The van der Waals surface area contributed by atoms with Gasteiger partial charge in [-0.2, -0.15) is 0 Å². The van der Waals surface area contributed by atoms with Gasteiger partial charge in [0.1, 0.15) is 0 Å². The van der Waals surface area contributed by atoms with Crippen LogP contribution in [0.15, 0.2) is 18.5 Å². The lowest BCUT2D eigenvalue weighted by Crippen LogP contribution is -2.17. The maximum absolute atomic E-state index is 4.24. The van der Waals surface area contributed by atoms with Crippen molar-refractivity contribution in [3.05, 3.63) is 29.6 Å². The highest BCUT2D eigenvalue weighted by Gasteiger charge is 2.22. The third-order valence-electron chi connectivity index (χ3n) is 2.80. The molecule has 0 aliphatic carbocycles. The lowest BCUT2D eigenvalue weighted by atomic mass is 10.1. The van der Waals surface area contributed by atoms with E-state index in [0.717, 1.165) is 0 Å². The van der Waals surface area contributed by atoms with E-state index in [-0.39, 0.29) is 0 Å². The van der Waals surface area contributed by atoms with E-state index in [1.165, 1.54) is 30.5 Å². The highest BCUT2D eigenvalue weighted by Crippen LogP contribution is 2.29. The van der Waals surface area contributed by atoms with E-state index in [4.69, 9.17) is 0 Å². The molecule has 2 rings (SSSR count). The molecular formula is C11H16N2. The van der Waals surface area contributed by atoms with Gasteiger partial charge in [0.15, 0.2) is 0 Å². The Morgan fingerprint density at radius 1 is 1.46 bits per heavy atom. The van der Waals surface area contributed by atoms with Crippen molar-refractivity contribution in [2.45, 2.75) is 25.8 Å². The molecule has 2 heterocycles. The molecule has 0 aromatic carbocycles. The summed E-state index contributed by atoms with van der Waals surface area (Å²) in [6.07, 6.45) is 6.51. The smallest absolute Gasteiger partial charge is 0.0360 e. The highest BCUT2D eigenvalue weighted by molar-refractivity contribution is 5.20. The molecule has 0 radical (unpaired) electrons. The molecule has 1 saturated heterocycles. The Morgan fingerprint density at radius 3 is 2.92 bits per heavy atom. The van der Waals surface area contributed by atoms with Gasteiger partial charge in [0, 0.05) is 18.4 Å². The molecule has 70 valence electrons. The van der Waals surface area contributed by atoms with Crippen molar-refractivity contribution in [2.24, 2.45) is 0 Å². The first-order valence-corrected chi connectivity index (χ1v) is 4.89. The zero-order chi connectivity index (χ0) is 9.26. The first-order valence-electron chi connectivity index (χ1n) is 4.89. The average molecular weight is 176 g/mol. The fourth-order valence-corrected chi connectivity index (χ4v) is 2.09. The van der Waals surface area contributed by atoms with Crippen molar-refractivity contribution in [2.75, 3.05) is 13.6 Å². The minimum Gasteiger partial charge on any atom is -0.299 e. The number of hydrogen-bond acceptors (Lipinski definition) is 2. The molecule has 0 N–H and O–H groups in total. The average Bonchev–Trinajstić information content (AvgIpc) is 2.51. The molecule has 0 spiro atoms. The van der Waals surface area contributed by atoms with Gasteiger partial charge in [0.05, 0.1) is 0 Å². The molecule has 1 atom stereocenters. The molecule has 0 unspecified atom stereocenters. The fraction of sp³-hybridized carbons (Fsp3) is 0.545. The van der Waals surface area contributed by atoms with Crippen LogP contribution in [-0.2, 0) is 0 Å². The summed E-state index contributed by atoms with van der Waals surface area (Å²) in [5.74, 6) is 0. The van der Waals surface area contributed by atoms with Crippen LogP contribution in [-0.4, -0.2) is 23.5 Å². The van der Waals surface area contributed by atoms with Crippen molar-refractivity contribution >= 4 is 0 Å². The Bertz CT molecular complexity index is 296. The van der Waals surface area contributed by atoms with Crippen LogP contribution in [0.4, 0.5) is 0 Å². The largest absolute Gasteiger partial charge is 0.299 e. The van der Waals surface area contributed by atoms with Gasteiger partial charge in [-0.15, -0.1) is 0 Å². The molecule has 0 amide bonds. The van der Waals surface area contributed by atoms with Gasteiger partial charge in [0.25, 0.3) is 0 Å². The SMILES string of the molecule is Cc1cncc([C@H]2CCCN2C)c1. The van der Waals surface area contributed by atoms with E-state index >= 15 is 0 Å². The van der Waals surface area contributed by atoms with Crippen LogP contribution in [0.1, 0.15) is 30.0 Å². The summed E-state index contributed by atoms with van der Waals surface area (Å²) in [5, 5.41) is 0. The van der Waals surface area contributed by atoms with Crippen molar-refractivity contribution in [3.63, 3.8) is 0 Å². The van der Waals surface area contributed by atoms with Crippen molar-refractivity contribution in [1.29, 1.82) is 0 Å². The maximum atomic E-state index is 4.24. The predicted molar refractivity (Wildman–Crippen MR) is 53.6 cm³/mol. The normalized spacial score (nSPS) is 23.7. The van der Waals surface area contributed by atoms with Gasteiger partial charge >= 0.3 is 0 Å². The van der Waals surface area contributed by atoms with Gasteiger partial charge in [0.2, 0.25) is 0 Å². The van der Waals surface area contributed by atoms with E-state index in [0.29, 0.717) is 6.04 Å². The Balaban J connectivity index is 2.24. The first kappa shape index (κ1) is 8.70. The van der Waals surface area contributed by atoms with E-state index in [1.54, 1.807) is 0 Å². The Kier molecular flexibility index (Phi) is 2.32. The molecule has 1 aromatic heterocycles. The third kappa shape index (κ3) is 1.73. The summed E-state index contributed by atoms with van der Waals surface area (Å²) in [6, 6.07) is 2.85. The standard InChI is InChI=1S/C11H16N2/c1-9-6-10(8-12-7-9)11-4-3-5-13(11)2/h6-8,11H,3-5H2,1-2H3/t11-/m1/s1. The van der Waals surface area contributed by atoms with Gasteiger partial charge < -0.3 is 0 Å². The monoisotopic (exact) mass is 176 g/mol. The molecule has 2 nitrogen and oxygen atoms in total. The molecule has 2 heteroatoms. The second-order valence-electron chi connectivity index (χ2n) is 3.93. The molecule has 0 bridgehead atoms. The van der Waals surface area contributed by atoms with Gasteiger partial charge in [-0.25, -0.2) is 0 Å². The maximum Gasteiger partial charge on any atom is 0.0360 e. The predicted octanol–water partition coefficient (Wildman–Crippen LogP) is 2.16. The minimum absolute atomic E-state index is 0.604. The van der Waals surface area contributed by atoms with E-state index < -0.39 is 0 Å². The second kappa shape index (κ2) is 3.46. The van der Waals surface area contributed by atoms with Crippen molar-refractivity contribution in [1.82, 2.24) is 9.88 Å². The third-order valence-corrected chi connectivity index (χ3v) is 2.80. The number of pyridine rings is 1. The van der Waals surface area contributed by atoms with Crippen LogP contribution < -0.4 is 0 Å². The molecule has 1 aliphatic rings. The highest BCUT2D eigenvalue weighted by atomic mass is 15.1. The second-order valence-corrected chi connectivity index (χ2v) is 3.93. The number of nitrogens with zero attached hydrogens (tertiary/aromatic N) is 2. The van der Waals surface area contributed by atoms with E-state index in [1.807, 2.05) is 12.4 Å². The lowest BCUT2D eigenvalue weighted by molar-refractivity contribution is 0.317. The lowest BCUT2D eigenvalue weighted by Gasteiger charge is -2.19.